The molecule has 1 aromatic carbocycles. The number of nitrogens with zero attached hydrogens (tertiary/aromatic N) is 1. The highest BCUT2D eigenvalue weighted by Crippen LogP contribution is 2.15. The number of hydrogen-bond donors (Lipinski definition) is 0. The van der Waals surface area contributed by atoms with Gasteiger partial charge in [-0.15, -0.1) is 0 Å². The zero-order valence-electron chi connectivity index (χ0n) is 10.9. The quantitative estimate of drug-likeness (QED) is 0.765. The van der Waals surface area contributed by atoms with Gasteiger partial charge in [-0.2, -0.15) is 0 Å². The molecule has 0 aromatic heterocycles. The summed E-state index contributed by atoms with van der Waals surface area (Å²) < 4.78 is 0. The molecule has 0 bridgehead atoms. The lowest BCUT2D eigenvalue weighted by Crippen LogP contribution is -2.26. The van der Waals surface area contributed by atoms with Crippen molar-refractivity contribution in [3.05, 3.63) is 34.4 Å². The molecule has 0 unspecified atom stereocenters. The third-order valence-electron chi connectivity index (χ3n) is 3.21. The van der Waals surface area contributed by atoms with Crippen molar-refractivity contribution >= 4 is 5.91 Å². The number of rotatable bonds is 3. The molecule has 1 rings (SSSR count). The largest absolute Gasteiger partial charge is 0.346 e. The first-order chi connectivity index (χ1) is 7.41. The molecule has 16 heavy (non-hydrogen) atoms. The van der Waals surface area contributed by atoms with Gasteiger partial charge in [-0.25, -0.2) is 0 Å². The molecule has 2 heteroatoms. The lowest BCUT2D eigenvalue weighted by Gasteiger charge is -2.16. The number of aryl methyl sites for hydroxylation is 3. The van der Waals surface area contributed by atoms with Crippen LogP contribution in [-0.4, -0.2) is 24.4 Å². The summed E-state index contributed by atoms with van der Waals surface area (Å²) in [4.78, 5) is 12.9. The van der Waals surface area contributed by atoms with E-state index in [1.54, 1.807) is 11.8 Å². The van der Waals surface area contributed by atoms with Gasteiger partial charge in [0.25, 0.3) is 0 Å². The monoisotopic (exact) mass is 219 g/mol. The molecule has 0 heterocycles. The Morgan fingerprint density at radius 2 is 1.69 bits per heavy atom. The van der Waals surface area contributed by atoms with Crippen LogP contribution in [0.1, 0.15) is 29.2 Å². The first kappa shape index (κ1) is 12.8. The normalized spacial score (nSPS) is 10.3. The number of amides is 1. The van der Waals surface area contributed by atoms with Crippen LogP contribution in [0.25, 0.3) is 0 Å². The molecule has 0 N–H and O–H groups in total. The third kappa shape index (κ3) is 3.09. The first-order valence-corrected chi connectivity index (χ1v) is 5.70. The second kappa shape index (κ2) is 5.15. The van der Waals surface area contributed by atoms with Crippen LogP contribution in [0.5, 0.6) is 0 Å². The predicted molar refractivity (Wildman–Crippen MR) is 67.7 cm³/mol. The van der Waals surface area contributed by atoms with Gasteiger partial charge in [0.2, 0.25) is 5.91 Å². The van der Waals surface area contributed by atoms with Crippen LogP contribution in [0.3, 0.4) is 0 Å². The van der Waals surface area contributed by atoms with E-state index in [1.165, 1.54) is 22.3 Å². The summed E-state index contributed by atoms with van der Waals surface area (Å²) in [6.45, 7) is 8.79. The third-order valence-corrected chi connectivity index (χ3v) is 3.21. The fraction of sp³-hybridized carbons (Fsp3) is 0.500. The van der Waals surface area contributed by atoms with Gasteiger partial charge in [-0.05, 0) is 49.4 Å². The summed E-state index contributed by atoms with van der Waals surface area (Å²) >= 11 is 0. The van der Waals surface area contributed by atoms with Gasteiger partial charge in [0, 0.05) is 20.5 Å². The molecule has 0 radical (unpaired) electrons. The molecule has 0 saturated heterocycles. The van der Waals surface area contributed by atoms with Gasteiger partial charge in [0.15, 0.2) is 0 Å². The molecular weight excluding hydrogens is 198 g/mol. The Labute approximate surface area is 98.3 Å². The molecule has 1 amide bonds. The predicted octanol–water partition coefficient (Wildman–Crippen LogP) is 2.63. The van der Waals surface area contributed by atoms with Crippen molar-refractivity contribution in [2.75, 3.05) is 13.6 Å². The van der Waals surface area contributed by atoms with Crippen LogP contribution < -0.4 is 0 Å². The van der Waals surface area contributed by atoms with E-state index in [0.717, 1.165) is 13.0 Å². The van der Waals surface area contributed by atoms with E-state index in [2.05, 4.69) is 32.9 Å². The standard InChI is InChI=1S/C14H21NO/c1-10-8-12(3)14(9-11(10)2)6-7-15(5)13(4)16/h8-9H,6-7H2,1-5H3. The summed E-state index contributed by atoms with van der Waals surface area (Å²) in [5, 5.41) is 0. The summed E-state index contributed by atoms with van der Waals surface area (Å²) in [6, 6.07) is 4.46. The Bertz CT molecular complexity index is 396. The Kier molecular flexibility index (Phi) is 4.11. The molecule has 0 atom stereocenters. The minimum atomic E-state index is 0.126. The van der Waals surface area contributed by atoms with Crippen LogP contribution >= 0.6 is 0 Å². The number of benzene rings is 1. The highest BCUT2D eigenvalue weighted by molar-refractivity contribution is 5.72. The number of likely N-dealkylation sites (N-methyl/N-ethyl adjacent to an activating group) is 1. The zero-order chi connectivity index (χ0) is 12.3. The first-order valence-electron chi connectivity index (χ1n) is 5.70. The van der Waals surface area contributed by atoms with Crippen LogP contribution in [0.15, 0.2) is 12.1 Å². The average Bonchev–Trinajstić information content (AvgIpc) is 2.20. The molecule has 88 valence electrons. The number of carbonyl (C=O) groups excluding carboxylic acids is 1. The molecular formula is C14H21NO. The molecule has 0 saturated carbocycles. The number of hydrogen-bond acceptors (Lipinski definition) is 1. The minimum Gasteiger partial charge on any atom is -0.346 e. The Morgan fingerprint density at radius 1 is 1.12 bits per heavy atom. The van der Waals surface area contributed by atoms with Gasteiger partial charge >= 0.3 is 0 Å². The SMILES string of the molecule is CC(=O)N(C)CCc1cc(C)c(C)cc1C. The maximum atomic E-state index is 11.1. The average molecular weight is 219 g/mol. The highest BCUT2D eigenvalue weighted by atomic mass is 16.2. The lowest BCUT2D eigenvalue weighted by atomic mass is 9.99. The van der Waals surface area contributed by atoms with Crippen molar-refractivity contribution in [2.45, 2.75) is 34.1 Å². The van der Waals surface area contributed by atoms with Crippen LogP contribution in [0.4, 0.5) is 0 Å². The molecule has 1 aromatic rings. The smallest absolute Gasteiger partial charge is 0.219 e. The van der Waals surface area contributed by atoms with Crippen molar-refractivity contribution in [3.8, 4) is 0 Å². The van der Waals surface area contributed by atoms with Crippen molar-refractivity contribution in [2.24, 2.45) is 0 Å². The van der Waals surface area contributed by atoms with Gasteiger partial charge < -0.3 is 4.90 Å². The Hall–Kier alpha value is -1.31. The van der Waals surface area contributed by atoms with Crippen molar-refractivity contribution < 1.29 is 4.79 Å². The molecule has 0 aliphatic rings. The molecule has 2 nitrogen and oxygen atoms in total. The lowest BCUT2D eigenvalue weighted by molar-refractivity contribution is -0.127. The summed E-state index contributed by atoms with van der Waals surface area (Å²) in [5.74, 6) is 0.126. The summed E-state index contributed by atoms with van der Waals surface area (Å²) in [7, 11) is 1.85. The van der Waals surface area contributed by atoms with Crippen molar-refractivity contribution in [3.63, 3.8) is 0 Å². The van der Waals surface area contributed by atoms with Gasteiger partial charge in [0.05, 0.1) is 0 Å². The van der Waals surface area contributed by atoms with Crippen LogP contribution in [0.2, 0.25) is 0 Å². The van der Waals surface area contributed by atoms with E-state index in [4.69, 9.17) is 0 Å². The van der Waals surface area contributed by atoms with E-state index >= 15 is 0 Å². The molecule has 0 aliphatic heterocycles. The van der Waals surface area contributed by atoms with Crippen LogP contribution in [0, 0.1) is 20.8 Å². The van der Waals surface area contributed by atoms with E-state index in [-0.39, 0.29) is 5.91 Å². The second-order valence-corrected chi connectivity index (χ2v) is 4.55. The maximum Gasteiger partial charge on any atom is 0.219 e. The van der Waals surface area contributed by atoms with E-state index in [1.807, 2.05) is 7.05 Å². The van der Waals surface area contributed by atoms with Crippen molar-refractivity contribution in [1.29, 1.82) is 0 Å². The van der Waals surface area contributed by atoms with Gasteiger partial charge in [-0.1, -0.05) is 12.1 Å². The fourth-order valence-electron chi connectivity index (χ4n) is 1.74. The van der Waals surface area contributed by atoms with Crippen molar-refractivity contribution in [1.82, 2.24) is 4.90 Å². The van der Waals surface area contributed by atoms with Gasteiger partial charge in [0.1, 0.15) is 0 Å². The molecule has 0 spiro atoms. The van der Waals surface area contributed by atoms with Gasteiger partial charge in [-0.3, -0.25) is 4.79 Å². The summed E-state index contributed by atoms with van der Waals surface area (Å²) in [6.07, 6.45) is 0.934. The minimum absolute atomic E-state index is 0.126. The Morgan fingerprint density at radius 3 is 2.25 bits per heavy atom. The Balaban J connectivity index is 2.74. The summed E-state index contributed by atoms with van der Waals surface area (Å²) in [5.41, 5.74) is 5.32. The fourth-order valence-corrected chi connectivity index (χ4v) is 1.74. The van der Waals surface area contributed by atoms with Crippen LogP contribution in [-0.2, 0) is 11.2 Å². The van der Waals surface area contributed by atoms with E-state index in [9.17, 15) is 4.79 Å². The molecule has 0 aliphatic carbocycles. The van der Waals surface area contributed by atoms with E-state index < -0.39 is 0 Å². The zero-order valence-corrected chi connectivity index (χ0v) is 10.9. The second-order valence-electron chi connectivity index (χ2n) is 4.55. The highest BCUT2D eigenvalue weighted by Gasteiger charge is 2.05. The molecule has 0 fully saturated rings. The maximum absolute atomic E-state index is 11.1. The topological polar surface area (TPSA) is 20.3 Å². The van der Waals surface area contributed by atoms with E-state index in [0.29, 0.717) is 0 Å². The number of carbonyl (C=O) groups is 1.